The molecule has 3 nitrogen and oxygen atoms in total. The highest BCUT2D eigenvalue weighted by atomic mass is 35.5. The predicted molar refractivity (Wildman–Crippen MR) is 83.7 cm³/mol. The Morgan fingerprint density at radius 2 is 2.21 bits per heavy atom. The summed E-state index contributed by atoms with van der Waals surface area (Å²) in [6.45, 7) is 0.722. The van der Waals surface area contributed by atoms with Gasteiger partial charge in [0.1, 0.15) is 4.99 Å². The van der Waals surface area contributed by atoms with Gasteiger partial charge >= 0.3 is 0 Å². The van der Waals surface area contributed by atoms with E-state index < -0.39 is 0 Å². The van der Waals surface area contributed by atoms with Crippen molar-refractivity contribution in [1.29, 1.82) is 0 Å². The van der Waals surface area contributed by atoms with Gasteiger partial charge in [-0.25, -0.2) is 0 Å². The van der Waals surface area contributed by atoms with E-state index in [-0.39, 0.29) is 0 Å². The minimum atomic E-state index is 0.409. The first-order chi connectivity index (χ1) is 9.08. The molecule has 0 aliphatic heterocycles. The van der Waals surface area contributed by atoms with Gasteiger partial charge in [0.05, 0.1) is 10.7 Å². The van der Waals surface area contributed by atoms with E-state index in [2.05, 4.69) is 9.88 Å². The lowest BCUT2D eigenvalue weighted by Gasteiger charge is -2.20. The van der Waals surface area contributed by atoms with Crippen molar-refractivity contribution in [3.8, 4) is 0 Å². The van der Waals surface area contributed by atoms with E-state index in [4.69, 9.17) is 29.6 Å². The number of rotatable bonds is 4. The number of anilines is 1. The monoisotopic (exact) mass is 291 g/mol. The summed E-state index contributed by atoms with van der Waals surface area (Å²) in [7, 11) is 1.98. The highest BCUT2D eigenvalue weighted by Crippen LogP contribution is 2.24. The topological polar surface area (TPSA) is 42.1 Å². The van der Waals surface area contributed by atoms with Gasteiger partial charge in [0.2, 0.25) is 0 Å². The normalized spacial score (nSPS) is 10.2. The second-order valence-electron chi connectivity index (χ2n) is 4.25. The fraction of sp³-hybridized carbons (Fsp3) is 0.143. The molecule has 0 amide bonds. The van der Waals surface area contributed by atoms with Crippen molar-refractivity contribution in [2.24, 2.45) is 5.73 Å². The number of hydrogen-bond acceptors (Lipinski definition) is 3. The van der Waals surface area contributed by atoms with Crippen molar-refractivity contribution in [2.75, 3.05) is 11.9 Å². The van der Waals surface area contributed by atoms with Gasteiger partial charge in [-0.1, -0.05) is 42.0 Å². The van der Waals surface area contributed by atoms with E-state index >= 15 is 0 Å². The van der Waals surface area contributed by atoms with Crippen LogP contribution in [-0.2, 0) is 6.54 Å². The van der Waals surface area contributed by atoms with Crippen LogP contribution in [0.3, 0.4) is 0 Å². The maximum absolute atomic E-state index is 6.12. The van der Waals surface area contributed by atoms with Crippen LogP contribution in [0.1, 0.15) is 11.1 Å². The fourth-order valence-corrected chi connectivity index (χ4v) is 2.25. The molecule has 2 aromatic rings. The average molecular weight is 292 g/mol. The summed E-state index contributed by atoms with van der Waals surface area (Å²) in [5.74, 6) is 0. The van der Waals surface area contributed by atoms with Crippen LogP contribution in [0.2, 0.25) is 5.02 Å². The zero-order valence-electron chi connectivity index (χ0n) is 10.5. The predicted octanol–water partition coefficient (Wildman–Crippen LogP) is 3.01. The Labute approximate surface area is 123 Å². The number of nitrogens with zero attached hydrogens (tertiary/aromatic N) is 2. The third-order valence-corrected chi connectivity index (χ3v) is 3.32. The van der Waals surface area contributed by atoms with Crippen molar-refractivity contribution >= 4 is 34.5 Å². The van der Waals surface area contributed by atoms with Gasteiger partial charge < -0.3 is 10.6 Å². The van der Waals surface area contributed by atoms with Crippen LogP contribution in [0, 0.1) is 0 Å². The highest BCUT2D eigenvalue weighted by molar-refractivity contribution is 7.80. The van der Waals surface area contributed by atoms with Gasteiger partial charge in [0.25, 0.3) is 0 Å². The molecule has 0 radical (unpaired) electrons. The number of nitrogens with two attached hydrogens (primary N) is 1. The van der Waals surface area contributed by atoms with Gasteiger partial charge in [-0.05, 0) is 17.7 Å². The molecule has 0 saturated carbocycles. The molecule has 0 unspecified atom stereocenters. The molecule has 0 bridgehead atoms. The first kappa shape index (κ1) is 13.8. The van der Waals surface area contributed by atoms with E-state index in [9.17, 15) is 0 Å². The van der Waals surface area contributed by atoms with E-state index in [1.807, 2.05) is 37.4 Å². The lowest BCUT2D eigenvalue weighted by Crippen LogP contribution is -2.17. The molecule has 0 spiro atoms. The minimum absolute atomic E-state index is 0.409. The van der Waals surface area contributed by atoms with Crippen LogP contribution in [0.4, 0.5) is 5.69 Å². The van der Waals surface area contributed by atoms with Crippen LogP contribution >= 0.6 is 23.8 Å². The smallest absolute Gasteiger partial charge is 0.103 e. The molecular formula is C14H14ClN3S. The van der Waals surface area contributed by atoms with Gasteiger partial charge in [0.15, 0.2) is 0 Å². The van der Waals surface area contributed by atoms with Crippen molar-refractivity contribution in [3.05, 3.63) is 58.9 Å². The van der Waals surface area contributed by atoms with E-state index in [0.29, 0.717) is 10.0 Å². The fourth-order valence-electron chi connectivity index (χ4n) is 1.86. The Bertz CT molecular complexity index is 601. The van der Waals surface area contributed by atoms with Crippen molar-refractivity contribution < 1.29 is 0 Å². The Kier molecular flexibility index (Phi) is 4.35. The molecule has 2 rings (SSSR count). The van der Waals surface area contributed by atoms with Crippen molar-refractivity contribution in [3.63, 3.8) is 0 Å². The van der Waals surface area contributed by atoms with Crippen molar-refractivity contribution in [1.82, 2.24) is 4.98 Å². The molecular weight excluding hydrogens is 278 g/mol. The number of pyridine rings is 1. The Morgan fingerprint density at radius 1 is 1.42 bits per heavy atom. The Morgan fingerprint density at radius 3 is 2.89 bits per heavy atom. The molecule has 1 aromatic carbocycles. The van der Waals surface area contributed by atoms with Gasteiger partial charge in [-0.15, -0.1) is 0 Å². The van der Waals surface area contributed by atoms with Crippen LogP contribution in [0.5, 0.6) is 0 Å². The number of benzene rings is 1. The molecule has 0 aliphatic carbocycles. The van der Waals surface area contributed by atoms with E-state index in [0.717, 1.165) is 23.4 Å². The number of hydrogen-bond donors (Lipinski definition) is 1. The quantitative estimate of drug-likeness (QED) is 0.880. The molecule has 19 heavy (non-hydrogen) atoms. The third-order valence-electron chi connectivity index (χ3n) is 2.79. The molecule has 0 saturated heterocycles. The summed E-state index contributed by atoms with van der Waals surface area (Å²) in [5.41, 5.74) is 8.58. The number of aromatic nitrogens is 1. The molecule has 1 aromatic heterocycles. The van der Waals surface area contributed by atoms with Gasteiger partial charge in [-0.3, -0.25) is 4.98 Å². The maximum atomic E-state index is 6.12. The summed E-state index contributed by atoms with van der Waals surface area (Å²) >= 11 is 11.1. The Balaban J connectivity index is 2.19. The summed E-state index contributed by atoms with van der Waals surface area (Å²) in [6, 6.07) is 9.78. The lowest BCUT2D eigenvalue weighted by atomic mass is 10.1. The zero-order valence-corrected chi connectivity index (χ0v) is 12.1. The van der Waals surface area contributed by atoms with Gasteiger partial charge in [-0.2, -0.15) is 0 Å². The standard InChI is InChI=1S/C14H14ClN3S/c1-18(13-5-6-17-8-12(13)15)9-10-3-2-4-11(7-10)14(16)19/h2-8H,9H2,1H3,(H2,16,19). The average Bonchev–Trinajstić information content (AvgIpc) is 2.39. The zero-order chi connectivity index (χ0) is 13.8. The molecule has 5 heteroatoms. The largest absolute Gasteiger partial charge is 0.389 e. The summed E-state index contributed by atoms with van der Waals surface area (Å²) in [5, 5.41) is 0.635. The van der Waals surface area contributed by atoms with Crippen LogP contribution < -0.4 is 10.6 Å². The van der Waals surface area contributed by atoms with Crippen molar-refractivity contribution in [2.45, 2.75) is 6.54 Å². The molecule has 0 atom stereocenters. The van der Waals surface area contributed by atoms with Crippen LogP contribution in [0.15, 0.2) is 42.7 Å². The number of thiocarbonyl (C=S) groups is 1. The SMILES string of the molecule is CN(Cc1cccc(C(N)=S)c1)c1ccncc1Cl. The first-order valence-electron chi connectivity index (χ1n) is 5.77. The summed E-state index contributed by atoms with van der Waals surface area (Å²) in [4.78, 5) is 6.45. The molecule has 2 N–H and O–H groups in total. The third kappa shape index (κ3) is 3.43. The molecule has 98 valence electrons. The summed E-state index contributed by atoms with van der Waals surface area (Å²) in [6.07, 6.45) is 3.36. The van der Waals surface area contributed by atoms with E-state index in [1.54, 1.807) is 12.4 Å². The maximum Gasteiger partial charge on any atom is 0.103 e. The Hall–Kier alpha value is -1.65. The first-order valence-corrected chi connectivity index (χ1v) is 6.56. The van der Waals surface area contributed by atoms with Crippen LogP contribution in [-0.4, -0.2) is 17.0 Å². The highest BCUT2D eigenvalue weighted by Gasteiger charge is 2.07. The second kappa shape index (κ2) is 5.99. The van der Waals surface area contributed by atoms with E-state index in [1.165, 1.54) is 0 Å². The van der Waals surface area contributed by atoms with Gasteiger partial charge in [0, 0.05) is 31.5 Å². The molecule has 1 heterocycles. The summed E-state index contributed by atoms with van der Waals surface area (Å²) < 4.78 is 0. The second-order valence-corrected chi connectivity index (χ2v) is 5.09. The lowest BCUT2D eigenvalue weighted by molar-refractivity contribution is 0.920. The number of halogens is 1. The molecule has 0 aliphatic rings. The molecule has 0 fully saturated rings. The van der Waals surface area contributed by atoms with Crippen LogP contribution in [0.25, 0.3) is 0 Å². The minimum Gasteiger partial charge on any atom is -0.389 e.